The number of phosphoric acid groups is 2. The number of allylic oxidation sites excluding steroid dienone is 24. The molecule has 0 aliphatic rings. The van der Waals surface area contributed by atoms with Gasteiger partial charge in [0.05, 0.1) is 26.4 Å². The Morgan fingerprint density at radius 2 is 0.400 bits per heavy atom. The minimum Gasteiger partial charge on any atom is -0.463 e. The summed E-state index contributed by atoms with van der Waals surface area (Å²) < 4.78 is 61.7. The summed E-state index contributed by atoms with van der Waals surface area (Å²) in [7, 11) is -9.81. The summed E-state index contributed by atoms with van der Waals surface area (Å²) in [4.78, 5) is 59.2. The van der Waals surface area contributed by atoms with Crippen LogP contribution in [0.4, 0.5) is 0 Å². The molecule has 0 aliphatic carbocycles. The Labute approximate surface area is 766 Å². The normalized spacial score (nSPS) is 14.3. The third-order valence-corrected chi connectivity index (χ3v) is 23.9. The molecule has 5 unspecified atom stereocenters. The standard InChI is InChI=1S/C107H188O16P2/c1-4-7-10-13-16-19-22-25-28-31-34-37-40-43-46-49-50-53-55-57-60-63-66-69-72-75-78-81-84-87-90-93-105(110)117-96-102(108)97-119-124(113,114)120-98-103(109)99-121-125(115,116)122-101-104(123-107(112)95-92-89-86-83-80-77-74-71-68-65-62-59-56-52-48-45-42-39-36-33-30-27-24-21-18-15-12-9-6-3)100-118-106(111)94-91-88-85-82-79-76-73-70-67-64-61-58-54-51-47-44-41-38-35-32-29-26-23-20-17-14-11-8-5-2/h16-21,25-30,34-39,43-48,102-104,108-109H,4-15,22-24,31-33,40-42,49-101H2,1-3H3,(H,113,114)(H,115,116)/b19-16-,20-17-,21-18-,28-25-,29-26-,30-27-,37-34-,38-35-,39-36-,46-43-,47-44-,48-45-. The predicted molar refractivity (Wildman–Crippen MR) is 528 cm³/mol. The van der Waals surface area contributed by atoms with E-state index in [0.29, 0.717) is 19.3 Å². The number of aliphatic hydroxyl groups excluding tert-OH is 2. The first-order valence-electron chi connectivity index (χ1n) is 51.1. The first kappa shape index (κ1) is 120. The van der Waals surface area contributed by atoms with Crippen molar-refractivity contribution in [3.63, 3.8) is 0 Å². The number of carbonyl (C=O) groups is 3. The Morgan fingerprint density at radius 3 is 0.632 bits per heavy atom. The van der Waals surface area contributed by atoms with Crippen LogP contribution >= 0.6 is 15.6 Å². The largest absolute Gasteiger partial charge is 0.472 e. The average molecular weight is 1790 g/mol. The van der Waals surface area contributed by atoms with Crippen LogP contribution in [0.5, 0.6) is 0 Å². The van der Waals surface area contributed by atoms with Gasteiger partial charge < -0.3 is 34.2 Å². The Bertz CT molecular complexity index is 2850. The lowest BCUT2D eigenvalue weighted by atomic mass is 10.0. The highest BCUT2D eigenvalue weighted by Gasteiger charge is 2.30. The number of rotatable bonds is 97. The van der Waals surface area contributed by atoms with Crippen LogP contribution in [-0.2, 0) is 55.8 Å². The molecule has 0 saturated heterocycles. The second kappa shape index (κ2) is 98.5. The van der Waals surface area contributed by atoms with E-state index in [9.17, 15) is 43.5 Å². The number of carbonyl (C=O) groups excluding carboxylic acids is 3. The van der Waals surface area contributed by atoms with E-state index < -0.39 is 91.5 Å². The molecule has 0 aromatic heterocycles. The molecule has 0 spiro atoms. The van der Waals surface area contributed by atoms with Crippen LogP contribution < -0.4 is 0 Å². The molecule has 5 atom stereocenters. The van der Waals surface area contributed by atoms with Crippen LogP contribution in [0.1, 0.15) is 457 Å². The third kappa shape index (κ3) is 99.8. The molecule has 0 aliphatic heterocycles. The lowest BCUT2D eigenvalue weighted by Gasteiger charge is -2.21. The molecule has 4 N–H and O–H groups in total. The minimum absolute atomic E-state index is 0.101. The molecule has 0 fully saturated rings. The average Bonchev–Trinajstić information content (AvgIpc) is 0.898. The molecule has 0 rings (SSSR count). The number of esters is 3. The van der Waals surface area contributed by atoms with Crippen molar-refractivity contribution < 1.29 is 75.8 Å². The molecule has 0 saturated carbocycles. The molecule has 125 heavy (non-hydrogen) atoms. The fourth-order valence-corrected chi connectivity index (χ4v) is 15.8. The van der Waals surface area contributed by atoms with Gasteiger partial charge in [-0.05, 0) is 154 Å². The molecule has 0 heterocycles. The summed E-state index contributed by atoms with van der Waals surface area (Å²) in [6.45, 7) is 2.68. The Kier molecular flexibility index (Phi) is 94.9. The van der Waals surface area contributed by atoms with Crippen molar-refractivity contribution in [1.82, 2.24) is 0 Å². The molecule has 0 aromatic rings. The van der Waals surface area contributed by atoms with Crippen molar-refractivity contribution in [2.45, 2.75) is 476 Å². The minimum atomic E-state index is -4.95. The van der Waals surface area contributed by atoms with Gasteiger partial charge in [-0.15, -0.1) is 0 Å². The molecular weight excluding hydrogens is 1600 g/mol. The van der Waals surface area contributed by atoms with Crippen molar-refractivity contribution in [1.29, 1.82) is 0 Å². The molecule has 0 amide bonds. The fraction of sp³-hybridized carbons (Fsp3) is 0.748. The van der Waals surface area contributed by atoms with Gasteiger partial charge >= 0.3 is 33.6 Å². The number of hydrogen-bond acceptors (Lipinski definition) is 14. The molecule has 0 bridgehead atoms. The summed E-state index contributed by atoms with van der Waals surface area (Å²) in [5.41, 5.74) is 0. The second-order valence-electron chi connectivity index (χ2n) is 34.3. The lowest BCUT2D eigenvalue weighted by Crippen LogP contribution is -2.30. The zero-order valence-corrected chi connectivity index (χ0v) is 81.8. The fourth-order valence-electron chi connectivity index (χ4n) is 14.2. The molecule has 18 heteroatoms. The number of aliphatic hydroxyl groups is 2. The van der Waals surface area contributed by atoms with Gasteiger partial charge in [-0.3, -0.25) is 32.5 Å². The summed E-state index contributed by atoms with van der Waals surface area (Å²) in [6, 6.07) is 0. The Morgan fingerprint density at radius 1 is 0.224 bits per heavy atom. The summed E-state index contributed by atoms with van der Waals surface area (Å²) in [5, 5.41) is 20.8. The van der Waals surface area contributed by atoms with E-state index in [2.05, 4.69) is 167 Å². The first-order valence-corrected chi connectivity index (χ1v) is 54.1. The zero-order valence-electron chi connectivity index (χ0n) is 80.0. The van der Waals surface area contributed by atoms with Gasteiger partial charge in [0.1, 0.15) is 25.4 Å². The van der Waals surface area contributed by atoms with Crippen LogP contribution in [-0.4, -0.2) is 95.9 Å². The van der Waals surface area contributed by atoms with Crippen molar-refractivity contribution in [3.05, 3.63) is 146 Å². The maximum Gasteiger partial charge on any atom is 0.472 e. The summed E-state index contributed by atoms with van der Waals surface area (Å²) in [6.07, 6.45) is 126. The van der Waals surface area contributed by atoms with Gasteiger partial charge in [0.25, 0.3) is 0 Å². The van der Waals surface area contributed by atoms with Gasteiger partial charge in [-0.1, -0.05) is 430 Å². The Hall–Kier alpha value is -4.57. The highest BCUT2D eigenvalue weighted by Crippen LogP contribution is 2.45. The second-order valence-corrected chi connectivity index (χ2v) is 37.2. The van der Waals surface area contributed by atoms with Crippen LogP contribution in [0, 0.1) is 0 Å². The van der Waals surface area contributed by atoms with E-state index >= 15 is 0 Å². The SMILES string of the molecule is CCCCC/C=C\C/C=C\C/C=C\C/C=C\CCCCCCCCCCCCCCCCCC(=O)OCC(O)COP(=O)(O)OCC(O)COP(=O)(O)OCC(COC(=O)CCCCCCCCCCCCCCC/C=C\C/C=C\C/C=C\C/C=C\CCCCC)OC(=O)CCCCCCCCCCCCCCC/C=C\C/C=C\C/C=C\C/C=C\CCCCC. The molecule has 0 aromatic carbocycles. The van der Waals surface area contributed by atoms with E-state index in [1.165, 1.54) is 263 Å². The lowest BCUT2D eigenvalue weighted by molar-refractivity contribution is -0.161. The van der Waals surface area contributed by atoms with E-state index in [1.807, 2.05) is 0 Å². The third-order valence-electron chi connectivity index (χ3n) is 22.0. The monoisotopic (exact) mass is 1790 g/mol. The number of ether oxygens (including phenoxy) is 3. The quantitative estimate of drug-likeness (QED) is 0.0146. The highest BCUT2D eigenvalue weighted by atomic mass is 31.2. The van der Waals surface area contributed by atoms with Crippen molar-refractivity contribution in [2.75, 3.05) is 39.6 Å². The summed E-state index contributed by atoms with van der Waals surface area (Å²) in [5.74, 6) is -1.56. The van der Waals surface area contributed by atoms with Crippen LogP contribution in [0.25, 0.3) is 0 Å². The number of hydrogen-bond donors (Lipinski definition) is 4. The topological polar surface area (TPSA) is 231 Å². The number of unbranched alkanes of at least 4 members (excludes halogenated alkanes) is 50. The first-order chi connectivity index (χ1) is 61.2. The molecule has 722 valence electrons. The van der Waals surface area contributed by atoms with Crippen molar-refractivity contribution >= 4 is 33.6 Å². The van der Waals surface area contributed by atoms with Gasteiger partial charge in [0.2, 0.25) is 0 Å². The highest BCUT2D eigenvalue weighted by molar-refractivity contribution is 7.47. The Balaban J connectivity index is 4.62. The molecular formula is C107H188O16P2. The smallest absolute Gasteiger partial charge is 0.463 e. The number of phosphoric ester groups is 2. The van der Waals surface area contributed by atoms with Crippen molar-refractivity contribution in [2.24, 2.45) is 0 Å². The van der Waals surface area contributed by atoms with Crippen molar-refractivity contribution in [3.8, 4) is 0 Å². The van der Waals surface area contributed by atoms with E-state index in [1.54, 1.807) is 0 Å². The van der Waals surface area contributed by atoms with E-state index in [4.69, 9.17) is 32.3 Å². The van der Waals surface area contributed by atoms with Gasteiger partial charge in [-0.25, -0.2) is 9.13 Å². The van der Waals surface area contributed by atoms with Gasteiger partial charge in [0, 0.05) is 19.3 Å². The zero-order chi connectivity index (χ0) is 90.7. The maximum atomic E-state index is 13.1. The maximum absolute atomic E-state index is 13.1. The van der Waals surface area contributed by atoms with Gasteiger partial charge in [-0.2, -0.15) is 0 Å². The van der Waals surface area contributed by atoms with Crippen LogP contribution in [0.3, 0.4) is 0 Å². The van der Waals surface area contributed by atoms with E-state index in [0.717, 1.165) is 135 Å². The van der Waals surface area contributed by atoms with E-state index in [-0.39, 0.29) is 19.3 Å². The van der Waals surface area contributed by atoms with Crippen LogP contribution in [0.15, 0.2) is 146 Å². The molecule has 0 radical (unpaired) electrons. The predicted octanol–water partition coefficient (Wildman–Crippen LogP) is 32.2. The molecule has 16 nitrogen and oxygen atoms in total. The van der Waals surface area contributed by atoms with Crippen LogP contribution in [0.2, 0.25) is 0 Å². The summed E-state index contributed by atoms with van der Waals surface area (Å²) >= 11 is 0. The van der Waals surface area contributed by atoms with Gasteiger partial charge in [0.15, 0.2) is 6.10 Å².